The summed E-state index contributed by atoms with van der Waals surface area (Å²) in [5.74, 6) is 2.71. The second-order valence-corrected chi connectivity index (χ2v) is 9.09. The average molecular weight is 156 g/mol. The monoisotopic (exact) mass is 156 g/mol. The fourth-order valence-electron chi connectivity index (χ4n) is 0.582. The molecule has 0 saturated heterocycles. The van der Waals surface area contributed by atoms with Crippen LogP contribution in [0.4, 0.5) is 0 Å². The molecule has 2 heteroatoms. The van der Waals surface area contributed by atoms with Crippen LogP contribution in [0.25, 0.3) is 0 Å². The van der Waals surface area contributed by atoms with Crippen LogP contribution < -0.4 is 0 Å². The first-order valence-corrected chi connectivity index (χ1v) is 6.90. The van der Waals surface area contributed by atoms with E-state index in [1.807, 2.05) is 6.92 Å². The van der Waals surface area contributed by atoms with E-state index in [4.69, 9.17) is 11.2 Å². The molecule has 0 aliphatic heterocycles. The number of methoxy groups -OCH3 is 1. The summed E-state index contributed by atoms with van der Waals surface area (Å²) in [7, 11) is 0.309. The van der Waals surface area contributed by atoms with E-state index in [0.29, 0.717) is 0 Å². The molecule has 0 N–H and O–H groups in total. The van der Waals surface area contributed by atoms with Crippen molar-refractivity contribution in [3.05, 3.63) is 0 Å². The maximum absolute atomic E-state index is 5.36. The maximum atomic E-state index is 5.36. The predicted molar refractivity (Wildman–Crippen MR) is 47.6 cm³/mol. The van der Waals surface area contributed by atoms with Gasteiger partial charge in [0.15, 0.2) is 0 Å². The van der Waals surface area contributed by atoms with Crippen LogP contribution in [0.2, 0.25) is 19.6 Å². The van der Waals surface area contributed by atoms with Gasteiger partial charge >= 0.3 is 0 Å². The van der Waals surface area contributed by atoms with Crippen molar-refractivity contribution < 1.29 is 4.74 Å². The van der Waals surface area contributed by atoms with Gasteiger partial charge in [0.2, 0.25) is 0 Å². The normalized spacial score (nSPS) is 17.6. The summed E-state index contributed by atoms with van der Waals surface area (Å²) >= 11 is 0. The zero-order chi connectivity index (χ0) is 8.41. The number of ether oxygens (including phenoxy) is 1. The number of terminal acetylenes is 1. The zero-order valence-electron chi connectivity index (χ0n) is 7.49. The molecule has 0 bridgehead atoms. The van der Waals surface area contributed by atoms with Crippen LogP contribution in [0, 0.1) is 12.3 Å². The summed E-state index contributed by atoms with van der Waals surface area (Å²) in [5, 5.41) is -0.312. The van der Waals surface area contributed by atoms with Gasteiger partial charge in [-0.15, -0.1) is 6.42 Å². The third kappa shape index (κ3) is 1.62. The lowest BCUT2D eigenvalue weighted by Crippen LogP contribution is -2.50. The van der Waals surface area contributed by atoms with Crippen LogP contribution in [0.3, 0.4) is 0 Å². The maximum Gasteiger partial charge on any atom is 0.112 e. The molecular formula is C8H16OSi. The van der Waals surface area contributed by atoms with Gasteiger partial charge in [-0.25, -0.2) is 0 Å². The summed E-state index contributed by atoms with van der Waals surface area (Å²) in [6, 6.07) is 0. The van der Waals surface area contributed by atoms with Crippen molar-refractivity contribution in [3.63, 3.8) is 0 Å². The fourth-order valence-corrected chi connectivity index (χ4v) is 1.63. The minimum Gasteiger partial charge on any atom is -0.370 e. The topological polar surface area (TPSA) is 9.23 Å². The molecule has 0 amide bonds. The standard InChI is InChI=1S/C8H16OSi/c1-7-8(2,9-3)10(4,5)6/h1H,2-6H3. The van der Waals surface area contributed by atoms with E-state index in [1.54, 1.807) is 7.11 Å². The van der Waals surface area contributed by atoms with Gasteiger partial charge in [0.1, 0.15) is 5.22 Å². The molecule has 0 aliphatic rings. The summed E-state index contributed by atoms with van der Waals surface area (Å²) in [5.41, 5.74) is 0. The molecule has 0 fully saturated rings. The van der Waals surface area contributed by atoms with Gasteiger partial charge in [-0.3, -0.25) is 0 Å². The van der Waals surface area contributed by atoms with E-state index in [0.717, 1.165) is 0 Å². The lowest BCUT2D eigenvalue weighted by atomic mass is 10.4. The van der Waals surface area contributed by atoms with Gasteiger partial charge in [0.05, 0.1) is 8.07 Å². The Hall–Kier alpha value is -0.263. The van der Waals surface area contributed by atoms with Gasteiger partial charge < -0.3 is 4.74 Å². The van der Waals surface area contributed by atoms with Crippen molar-refractivity contribution in [2.24, 2.45) is 0 Å². The number of hydrogen-bond donors (Lipinski definition) is 0. The van der Waals surface area contributed by atoms with Crippen molar-refractivity contribution in [2.75, 3.05) is 7.11 Å². The molecule has 58 valence electrons. The highest BCUT2D eigenvalue weighted by Crippen LogP contribution is 2.22. The highest BCUT2D eigenvalue weighted by molar-refractivity contribution is 6.79. The Balaban J connectivity index is 4.54. The second-order valence-electron chi connectivity index (χ2n) is 3.63. The van der Waals surface area contributed by atoms with Gasteiger partial charge in [-0.1, -0.05) is 25.6 Å². The van der Waals surface area contributed by atoms with E-state index in [1.165, 1.54) is 0 Å². The Morgan fingerprint density at radius 3 is 1.80 bits per heavy atom. The zero-order valence-corrected chi connectivity index (χ0v) is 8.49. The molecule has 0 aromatic heterocycles. The Labute approximate surface area is 64.8 Å². The highest BCUT2D eigenvalue weighted by Gasteiger charge is 2.37. The Kier molecular flexibility index (Phi) is 2.70. The third-order valence-corrected chi connectivity index (χ3v) is 5.33. The molecule has 0 aliphatic carbocycles. The summed E-state index contributed by atoms with van der Waals surface area (Å²) in [6.45, 7) is 8.60. The van der Waals surface area contributed by atoms with Crippen molar-refractivity contribution in [2.45, 2.75) is 31.8 Å². The van der Waals surface area contributed by atoms with Crippen LogP contribution in [0.15, 0.2) is 0 Å². The van der Waals surface area contributed by atoms with Crippen LogP contribution in [0.1, 0.15) is 6.92 Å². The number of hydrogen-bond acceptors (Lipinski definition) is 1. The largest absolute Gasteiger partial charge is 0.370 e. The van der Waals surface area contributed by atoms with Crippen LogP contribution in [-0.4, -0.2) is 20.4 Å². The van der Waals surface area contributed by atoms with Crippen molar-refractivity contribution >= 4 is 8.07 Å². The van der Waals surface area contributed by atoms with Gasteiger partial charge in [-0.2, -0.15) is 0 Å². The second kappa shape index (κ2) is 2.77. The molecular weight excluding hydrogens is 140 g/mol. The minimum atomic E-state index is -1.37. The van der Waals surface area contributed by atoms with Crippen molar-refractivity contribution in [1.29, 1.82) is 0 Å². The molecule has 0 aromatic carbocycles. The summed E-state index contributed by atoms with van der Waals surface area (Å²) < 4.78 is 5.28. The fraction of sp³-hybridized carbons (Fsp3) is 0.750. The minimum absolute atomic E-state index is 0.312. The van der Waals surface area contributed by atoms with Crippen molar-refractivity contribution in [3.8, 4) is 12.3 Å². The van der Waals surface area contributed by atoms with Crippen LogP contribution in [0.5, 0.6) is 0 Å². The Bertz CT molecular complexity index is 152. The SMILES string of the molecule is C#CC(C)(OC)[Si](C)(C)C. The first kappa shape index (κ1) is 9.74. The molecule has 10 heavy (non-hydrogen) atoms. The molecule has 0 heterocycles. The van der Waals surface area contributed by atoms with Gasteiger partial charge in [-0.05, 0) is 6.92 Å². The van der Waals surface area contributed by atoms with Crippen molar-refractivity contribution in [1.82, 2.24) is 0 Å². The van der Waals surface area contributed by atoms with E-state index < -0.39 is 8.07 Å². The smallest absolute Gasteiger partial charge is 0.112 e. The molecule has 1 unspecified atom stereocenters. The quantitative estimate of drug-likeness (QED) is 0.438. The molecule has 0 aromatic rings. The molecule has 0 rings (SSSR count). The highest BCUT2D eigenvalue weighted by atomic mass is 28.3. The van der Waals surface area contributed by atoms with E-state index in [2.05, 4.69) is 25.6 Å². The van der Waals surface area contributed by atoms with Gasteiger partial charge in [0.25, 0.3) is 0 Å². The molecule has 1 atom stereocenters. The summed E-state index contributed by atoms with van der Waals surface area (Å²) in [4.78, 5) is 0. The Morgan fingerprint density at radius 2 is 1.80 bits per heavy atom. The van der Waals surface area contributed by atoms with E-state index >= 15 is 0 Å². The average Bonchev–Trinajstić information content (AvgIpc) is 1.84. The third-order valence-electron chi connectivity index (χ3n) is 2.11. The van der Waals surface area contributed by atoms with Crippen LogP contribution >= 0.6 is 0 Å². The Morgan fingerprint density at radius 1 is 1.40 bits per heavy atom. The first-order chi connectivity index (χ1) is 4.37. The number of rotatable bonds is 2. The first-order valence-electron chi connectivity index (χ1n) is 3.40. The lowest BCUT2D eigenvalue weighted by molar-refractivity contribution is 0.118. The van der Waals surface area contributed by atoms with Gasteiger partial charge in [0, 0.05) is 7.11 Å². The molecule has 0 saturated carbocycles. The molecule has 1 nitrogen and oxygen atoms in total. The molecule has 0 radical (unpaired) electrons. The lowest BCUT2D eigenvalue weighted by Gasteiger charge is -2.34. The predicted octanol–water partition coefficient (Wildman–Crippen LogP) is 1.90. The van der Waals surface area contributed by atoms with E-state index in [-0.39, 0.29) is 5.22 Å². The van der Waals surface area contributed by atoms with Crippen LogP contribution in [-0.2, 0) is 4.74 Å². The molecule has 0 spiro atoms. The summed E-state index contributed by atoms with van der Waals surface area (Å²) in [6.07, 6.45) is 5.36. The van der Waals surface area contributed by atoms with E-state index in [9.17, 15) is 0 Å².